The van der Waals surface area contributed by atoms with Gasteiger partial charge in [0.2, 0.25) is 5.91 Å². The number of carbonyl (C=O) groups is 1. The van der Waals surface area contributed by atoms with Crippen molar-refractivity contribution in [2.75, 3.05) is 45.2 Å². The number of nitro groups is 1. The van der Waals surface area contributed by atoms with Crippen LogP contribution in [0.4, 0.5) is 11.4 Å². The van der Waals surface area contributed by atoms with Gasteiger partial charge in [-0.25, -0.2) is 0 Å². The van der Waals surface area contributed by atoms with Gasteiger partial charge in [-0.2, -0.15) is 0 Å². The maximum Gasteiger partial charge on any atom is 0.273 e. The number of amides is 1. The fourth-order valence-electron chi connectivity index (χ4n) is 3.61. The third-order valence-electron chi connectivity index (χ3n) is 5.28. The average molecular weight is 412 g/mol. The number of piperazine rings is 1. The molecule has 0 unspecified atom stereocenters. The molecule has 30 heavy (non-hydrogen) atoms. The van der Waals surface area contributed by atoms with Crippen LogP contribution >= 0.6 is 0 Å². The molecule has 0 saturated carbocycles. The molecule has 1 heterocycles. The van der Waals surface area contributed by atoms with E-state index in [1.165, 1.54) is 36.4 Å². The number of rotatable bonds is 8. The molecule has 0 atom stereocenters. The molecule has 0 aliphatic carbocycles. The topological polar surface area (TPSA) is 87.9 Å². The van der Waals surface area contributed by atoms with E-state index < -0.39 is 4.92 Å². The van der Waals surface area contributed by atoms with Crippen molar-refractivity contribution >= 4 is 17.3 Å². The van der Waals surface area contributed by atoms with E-state index in [2.05, 4.69) is 46.3 Å². The fraction of sp³-hybridized carbons (Fsp3) is 0.409. The molecule has 1 aliphatic rings. The van der Waals surface area contributed by atoms with Crippen molar-refractivity contribution in [3.63, 3.8) is 0 Å². The second-order valence-corrected chi connectivity index (χ2v) is 7.55. The maximum atomic E-state index is 12.3. The van der Waals surface area contributed by atoms with Gasteiger partial charge < -0.3 is 15.0 Å². The molecule has 1 saturated heterocycles. The van der Waals surface area contributed by atoms with Crippen LogP contribution in [-0.2, 0) is 11.3 Å². The van der Waals surface area contributed by atoms with Crippen LogP contribution in [0.3, 0.4) is 0 Å². The summed E-state index contributed by atoms with van der Waals surface area (Å²) in [6.45, 7) is 7.56. The average Bonchev–Trinajstić information content (AvgIpc) is 2.73. The molecule has 1 amide bonds. The van der Waals surface area contributed by atoms with Crippen LogP contribution in [0.1, 0.15) is 17.5 Å². The van der Waals surface area contributed by atoms with Crippen LogP contribution in [0.2, 0.25) is 0 Å². The third kappa shape index (κ3) is 6.01. The van der Waals surface area contributed by atoms with Crippen LogP contribution in [0.15, 0.2) is 42.5 Å². The van der Waals surface area contributed by atoms with Crippen LogP contribution in [0, 0.1) is 17.0 Å². The number of nitrogens with one attached hydrogen (secondary N) is 1. The highest BCUT2D eigenvalue weighted by Crippen LogP contribution is 2.29. The molecule has 0 aromatic heterocycles. The van der Waals surface area contributed by atoms with Gasteiger partial charge in [-0.05, 0) is 18.6 Å². The molecular weight excluding hydrogens is 384 g/mol. The number of nitrogens with zero attached hydrogens (tertiary/aromatic N) is 3. The molecule has 3 rings (SSSR count). The summed E-state index contributed by atoms with van der Waals surface area (Å²) in [4.78, 5) is 27.5. The first-order chi connectivity index (χ1) is 14.4. The predicted molar refractivity (Wildman–Crippen MR) is 116 cm³/mol. The summed E-state index contributed by atoms with van der Waals surface area (Å²) in [5.74, 6) is 0.145. The molecule has 1 N–H and O–H groups in total. The second-order valence-electron chi connectivity index (χ2n) is 7.55. The Morgan fingerprint density at radius 2 is 1.87 bits per heavy atom. The van der Waals surface area contributed by atoms with Crippen LogP contribution in [0.25, 0.3) is 0 Å². The van der Waals surface area contributed by atoms with Crippen molar-refractivity contribution in [1.82, 2.24) is 9.80 Å². The Bertz CT molecular complexity index is 894. The highest BCUT2D eigenvalue weighted by molar-refractivity contribution is 5.92. The second kappa shape index (κ2) is 10.2. The quantitative estimate of drug-likeness (QED) is 0.530. The number of hydrogen-bond acceptors (Lipinski definition) is 6. The van der Waals surface area contributed by atoms with Crippen LogP contribution in [-0.4, -0.2) is 60.5 Å². The molecule has 0 spiro atoms. The Hall–Kier alpha value is -2.97. The standard InChI is InChI=1S/C22H28N4O4/c1-17-4-3-5-18(14-17)16-25-12-10-24(11-13-25)9-8-22(27)23-20-7-6-19(26(28)29)15-21(20)30-2/h3-7,14-15H,8-13,16H2,1-2H3,(H,23,27). The largest absolute Gasteiger partial charge is 0.494 e. The number of nitro benzene ring substituents is 1. The van der Waals surface area contributed by atoms with E-state index in [-0.39, 0.29) is 17.3 Å². The van der Waals surface area contributed by atoms with Crippen molar-refractivity contribution < 1.29 is 14.5 Å². The van der Waals surface area contributed by atoms with Gasteiger partial charge in [0.05, 0.1) is 23.8 Å². The number of benzene rings is 2. The highest BCUT2D eigenvalue weighted by atomic mass is 16.6. The number of carbonyl (C=O) groups excluding carboxylic acids is 1. The van der Waals surface area contributed by atoms with Gasteiger partial charge in [0.1, 0.15) is 5.75 Å². The van der Waals surface area contributed by atoms with Gasteiger partial charge in [0, 0.05) is 51.8 Å². The minimum absolute atomic E-state index is 0.0756. The van der Waals surface area contributed by atoms with Crippen molar-refractivity contribution in [3.05, 3.63) is 63.7 Å². The Kier molecular flexibility index (Phi) is 7.37. The molecule has 1 fully saturated rings. The number of ether oxygens (including phenoxy) is 1. The normalized spacial score (nSPS) is 15.0. The van der Waals surface area contributed by atoms with E-state index >= 15 is 0 Å². The lowest BCUT2D eigenvalue weighted by Gasteiger charge is -2.34. The molecule has 8 heteroatoms. The maximum absolute atomic E-state index is 12.3. The summed E-state index contributed by atoms with van der Waals surface area (Å²) in [6, 6.07) is 12.8. The number of non-ortho nitro benzene ring substituents is 1. The molecule has 0 bridgehead atoms. The van der Waals surface area contributed by atoms with Crippen molar-refractivity contribution in [2.24, 2.45) is 0 Å². The van der Waals surface area contributed by atoms with E-state index in [1.54, 1.807) is 0 Å². The summed E-state index contributed by atoms with van der Waals surface area (Å²) in [5.41, 5.74) is 2.98. The monoisotopic (exact) mass is 412 g/mol. The van der Waals surface area contributed by atoms with Gasteiger partial charge in [-0.1, -0.05) is 29.8 Å². The molecule has 2 aromatic rings. The molecule has 0 radical (unpaired) electrons. The minimum atomic E-state index is -0.493. The van der Waals surface area contributed by atoms with E-state index in [1.807, 2.05) is 0 Å². The SMILES string of the molecule is COc1cc([N+](=O)[O-])ccc1NC(=O)CCN1CCN(Cc2cccc(C)c2)CC1. The summed E-state index contributed by atoms with van der Waals surface area (Å²) in [5, 5.41) is 13.7. The number of anilines is 1. The zero-order valence-electron chi connectivity index (χ0n) is 17.5. The highest BCUT2D eigenvalue weighted by Gasteiger charge is 2.18. The fourth-order valence-corrected chi connectivity index (χ4v) is 3.61. The first-order valence-electron chi connectivity index (χ1n) is 10.1. The minimum Gasteiger partial charge on any atom is -0.494 e. The van der Waals surface area contributed by atoms with Gasteiger partial charge in [0.25, 0.3) is 5.69 Å². The summed E-state index contributed by atoms with van der Waals surface area (Å²) in [7, 11) is 1.42. The van der Waals surface area contributed by atoms with E-state index in [9.17, 15) is 14.9 Å². The lowest BCUT2D eigenvalue weighted by atomic mass is 10.1. The summed E-state index contributed by atoms with van der Waals surface area (Å²) >= 11 is 0. The summed E-state index contributed by atoms with van der Waals surface area (Å²) < 4.78 is 5.16. The molecular formula is C22H28N4O4. The van der Waals surface area contributed by atoms with E-state index in [4.69, 9.17) is 4.74 Å². The first kappa shape index (κ1) is 21.7. The van der Waals surface area contributed by atoms with Crippen molar-refractivity contribution in [1.29, 1.82) is 0 Å². The lowest BCUT2D eigenvalue weighted by Crippen LogP contribution is -2.46. The van der Waals surface area contributed by atoms with Crippen molar-refractivity contribution in [2.45, 2.75) is 19.9 Å². The zero-order chi connectivity index (χ0) is 21.5. The number of methoxy groups -OCH3 is 1. The molecule has 160 valence electrons. The Labute approximate surface area is 176 Å². The van der Waals surface area contributed by atoms with Gasteiger partial charge in [0.15, 0.2) is 0 Å². The lowest BCUT2D eigenvalue weighted by molar-refractivity contribution is -0.384. The summed E-state index contributed by atoms with van der Waals surface area (Å²) in [6.07, 6.45) is 0.359. The zero-order valence-corrected chi connectivity index (χ0v) is 17.5. The molecule has 2 aromatic carbocycles. The van der Waals surface area contributed by atoms with E-state index in [0.717, 1.165) is 32.7 Å². The first-order valence-corrected chi connectivity index (χ1v) is 10.1. The van der Waals surface area contributed by atoms with Gasteiger partial charge in [-0.15, -0.1) is 0 Å². The Morgan fingerprint density at radius 1 is 1.13 bits per heavy atom. The van der Waals surface area contributed by atoms with Crippen LogP contribution in [0.5, 0.6) is 5.75 Å². The van der Waals surface area contributed by atoms with Gasteiger partial charge in [-0.3, -0.25) is 19.8 Å². The Morgan fingerprint density at radius 3 is 2.53 bits per heavy atom. The predicted octanol–water partition coefficient (Wildman–Crippen LogP) is 3.06. The number of hydrogen-bond donors (Lipinski definition) is 1. The third-order valence-corrected chi connectivity index (χ3v) is 5.28. The van der Waals surface area contributed by atoms with E-state index in [0.29, 0.717) is 18.7 Å². The smallest absolute Gasteiger partial charge is 0.273 e. The molecule has 8 nitrogen and oxygen atoms in total. The number of aryl methyl sites for hydroxylation is 1. The van der Waals surface area contributed by atoms with Crippen molar-refractivity contribution in [3.8, 4) is 5.75 Å². The van der Waals surface area contributed by atoms with Gasteiger partial charge >= 0.3 is 0 Å². The Balaban J connectivity index is 1.43. The van der Waals surface area contributed by atoms with Crippen LogP contribution < -0.4 is 10.1 Å². The molecule has 1 aliphatic heterocycles.